The van der Waals surface area contributed by atoms with Crippen LogP contribution in [0.4, 0.5) is 0 Å². The van der Waals surface area contributed by atoms with Gasteiger partial charge in [-0.25, -0.2) is 0 Å². The van der Waals surface area contributed by atoms with Crippen LogP contribution in [0.2, 0.25) is 0 Å². The minimum atomic E-state index is -1.29. The van der Waals surface area contributed by atoms with Gasteiger partial charge in [0.05, 0.1) is 70.8 Å². The molecule has 7 amide bonds. The summed E-state index contributed by atoms with van der Waals surface area (Å²) in [6.07, 6.45) is -10.9. The van der Waals surface area contributed by atoms with Crippen molar-refractivity contribution in [3.63, 3.8) is 0 Å². The van der Waals surface area contributed by atoms with E-state index in [9.17, 15) is 79.5 Å². The van der Waals surface area contributed by atoms with Crippen LogP contribution in [0, 0.1) is 17.8 Å². The van der Waals surface area contributed by atoms with E-state index < -0.39 is 135 Å². The molecule has 3 saturated heterocycles. The number of aliphatic hydroxyl groups is 9. The fourth-order valence-corrected chi connectivity index (χ4v) is 10.2. The summed E-state index contributed by atoms with van der Waals surface area (Å²) in [7, 11) is 1.55. The zero-order chi connectivity index (χ0) is 65.7. The van der Waals surface area contributed by atoms with Gasteiger partial charge < -0.3 is 122 Å². The van der Waals surface area contributed by atoms with Crippen molar-refractivity contribution < 1.29 is 113 Å². The lowest BCUT2D eigenvalue weighted by atomic mass is 9.82. The van der Waals surface area contributed by atoms with E-state index in [-0.39, 0.29) is 140 Å². The van der Waals surface area contributed by atoms with Gasteiger partial charge in [0.15, 0.2) is 18.9 Å². The number of rotatable bonds is 46. The molecule has 0 radical (unpaired) electrons. The molecule has 6 unspecified atom stereocenters. The first-order chi connectivity index (χ1) is 42.6. The third-order valence-electron chi connectivity index (χ3n) is 16.0. The van der Waals surface area contributed by atoms with Gasteiger partial charge in [0, 0.05) is 108 Å². The van der Waals surface area contributed by atoms with Crippen LogP contribution in [0.15, 0.2) is 0 Å². The molecule has 0 aliphatic carbocycles. The Morgan fingerprint density at radius 2 is 0.674 bits per heavy atom. The molecule has 0 spiro atoms. The van der Waals surface area contributed by atoms with Crippen LogP contribution in [-0.4, -0.2) is 272 Å². The van der Waals surface area contributed by atoms with E-state index in [4.69, 9.17) is 33.2 Å². The topological polar surface area (TPSA) is 462 Å². The molecule has 0 aromatic carbocycles. The molecule has 0 aromatic rings. The molecule has 17 N–H and O–H groups in total. The van der Waals surface area contributed by atoms with Gasteiger partial charge in [-0.15, -0.1) is 0 Å². The Bertz CT molecular complexity index is 1970. The maximum Gasteiger partial charge on any atom is 0.222 e. The van der Waals surface area contributed by atoms with E-state index in [0.717, 1.165) is 0 Å². The van der Waals surface area contributed by atoms with Crippen LogP contribution in [0.5, 0.6) is 0 Å². The molecule has 516 valence electrons. The number of amides is 7. The van der Waals surface area contributed by atoms with Crippen molar-refractivity contribution in [2.24, 2.45) is 17.8 Å². The maximum atomic E-state index is 13.8. The van der Waals surface area contributed by atoms with Gasteiger partial charge in [0.1, 0.15) is 36.6 Å². The van der Waals surface area contributed by atoms with Gasteiger partial charge in [0.2, 0.25) is 41.4 Å². The van der Waals surface area contributed by atoms with Gasteiger partial charge in [0.25, 0.3) is 0 Å². The molecule has 3 fully saturated rings. The Balaban J connectivity index is 1.59. The molecule has 3 heterocycles. The first-order valence-corrected chi connectivity index (χ1v) is 31.4. The lowest BCUT2D eigenvalue weighted by Gasteiger charge is -2.40. The van der Waals surface area contributed by atoms with E-state index >= 15 is 0 Å². The minimum Gasteiger partial charge on any atom is -0.394 e. The summed E-state index contributed by atoms with van der Waals surface area (Å²) in [4.78, 5) is 92.0. The highest BCUT2D eigenvalue weighted by Gasteiger charge is 2.45. The second kappa shape index (κ2) is 44.2. The zero-order valence-electron chi connectivity index (χ0n) is 52.3. The number of hydrogen-bond donors (Lipinski definition) is 17. The summed E-state index contributed by atoms with van der Waals surface area (Å²) in [5.74, 6) is -4.33. The summed E-state index contributed by atoms with van der Waals surface area (Å²) in [6.45, 7) is 6.47. The van der Waals surface area contributed by atoms with Crippen LogP contribution in [0.1, 0.15) is 124 Å². The molecule has 31 heteroatoms. The van der Waals surface area contributed by atoms with E-state index in [1.807, 2.05) is 0 Å². The van der Waals surface area contributed by atoms with Gasteiger partial charge in [-0.05, 0) is 70.9 Å². The fourth-order valence-electron chi connectivity index (χ4n) is 10.2. The van der Waals surface area contributed by atoms with Gasteiger partial charge in [-0.2, -0.15) is 0 Å². The van der Waals surface area contributed by atoms with Crippen molar-refractivity contribution >= 4 is 41.4 Å². The second-order valence-corrected chi connectivity index (χ2v) is 23.1. The zero-order valence-corrected chi connectivity index (χ0v) is 52.3. The molecule has 0 saturated carbocycles. The molecule has 89 heavy (non-hydrogen) atoms. The standard InChI is InChI=1S/C58H106N8O23/c1-36-49(77)52(80)39(33-67)87-55(36)84-30-9-22-59-21-6-23-60-43(71)13-18-58(66-48(76)12-5-11-42(70)65-28-10-29-83-4,19-14-44(72)61-24-7-26-63-46(74)16-31-85-56-37(2)50(78)53(81)40(34-68)88-56)20-15-45(73)62-25-8-27-64-47(75)17-32-86-57-38(3)51(79)54(82)41(35-69)89-57/h36-41,49-57,59,67-69,77-82H,5-35H2,1-4H3,(H,60,71)(H,61,72)(H,62,73)(H,63,74)(H,64,75)(H,65,70)(H,66,76)/t36?,37?,38?,39?,40?,41?,49-,50-,51-,52+,53+,54+,55-,56-,57-,58?/m1/s1. The predicted octanol–water partition coefficient (Wildman–Crippen LogP) is -4.71. The molecule has 31 nitrogen and oxygen atoms in total. The average Bonchev–Trinajstić information content (AvgIpc) is 1.64. The van der Waals surface area contributed by atoms with Crippen LogP contribution < -0.4 is 42.5 Å². The predicted molar refractivity (Wildman–Crippen MR) is 316 cm³/mol. The summed E-state index contributed by atoms with van der Waals surface area (Å²) >= 11 is 0. The molecule has 3 rings (SSSR count). The first-order valence-electron chi connectivity index (χ1n) is 31.4. The Hall–Kier alpha value is -4.39. The number of hydrogen-bond acceptors (Lipinski definition) is 24. The summed E-state index contributed by atoms with van der Waals surface area (Å²) in [6, 6.07) is 0. The van der Waals surface area contributed by atoms with E-state index in [2.05, 4.69) is 42.5 Å². The van der Waals surface area contributed by atoms with Crippen molar-refractivity contribution in [3.8, 4) is 0 Å². The molecular formula is C58H106N8O23. The summed E-state index contributed by atoms with van der Waals surface area (Å²) in [5.41, 5.74) is -1.27. The largest absolute Gasteiger partial charge is 0.394 e. The van der Waals surface area contributed by atoms with Gasteiger partial charge in [-0.1, -0.05) is 20.8 Å². The minimum absolute atomic E-state index is 0.0102. The van der Waals surface area contributed by atoms with Crippen molar-refractivity contribution in [1.82, 2.24) is 42.5 Å². The Morgan fingerprint density at radius 3 is 1.04 bits per heavy atom. The monoisotopic (exact) mass is 1280 g/mol. The van der Waals surface area contributed by atoms with Crippen molar-refractivity contribution in [3.05, 3.63) is 0 Å². The smallest absolute Gasteiger partial charge is 0.222 e. The van der Waals surface area contributed by atoms with E-state index in [0.29, 0.717) is 64.9 Å². The highest BCUT2D eigenvalue weighted by molar-refractivity contribution is 5.81. The SMILES string of the molecule is COCCCNC(=O)CCCC(=O)NC(CCC(=O)NCCCNCCCO[C@@H]1OC(CO)[C@H](O)[C@H](O)C1C)(CCC(=O)NCCCNC(=O)CCO[C@@H]1OC(CO)[C@H](O)[C@H](O)C1C)CCC(=O)NCCCNC(=O)CCO[C@@H]1OC(CO)[C@H](O)[C@H](O)C1C. The fraction of sp³-hybridized carbons (Fsp3) is 0.879. The molecule has 0 bridgehead atoms. The molecule has 3 aliphatic heterocycles. The Kier molecular flexibility index (Phi) is 39.2. The van der Waals surface area contributed by atoms with E-state index in [1.54, 1.807) is 27.9 Å². The molecule has 15 atom stereocenters. The Labute approximate surface area is 521 Å². The average molecular weight is 1280 g/mol. The third kappa shape index (κ3) is 29.8. The molecular weight excluding hydrogens is 1180 g/mol. The van der Waals surface area contributed by atoms with Crippen LogP contribution in [0.3, 0.4) is 0 Å². The van der Waals surface area contributed by atoms with Crippen LogP contribution >= 0.6 is 0 Å². The molecule has 3 aliphatic rings. The maximum absolute atomic E-state index is 13.8. The quantitative estimate of drug-likeness (QED) is 0.0255. The number of nitrogens with one attached hydrogen (secondary N) is 8. The Morgan fingerprint density at radius 1 is 0.371 bits per heavy atom. The highest BCUT2D eigenvalue weighted by atomic mass is 16.7. The summed E-state index contributed by atoms with van der Waals surface area (Å²) in [5, 5.41) is 113. The normalized spacial score (nSPS) is 27.6. The number of aliphatic hydroxyl groups excluding tert-OH is 9. The van der Waals surface area contributed by atoms with Crippen molar-refractivity contribution in [1.29, 1.82) is 0 Å². The van der Waals surface area contributed by atoms with Crippen LogP contribution in [0.25, 0.3) is 0 Å². The highest BCUT2D eigenvalue weighted by Crippen LogP contribution is 2.30. The number of methoxy groups -OCH3 is 1. The number of carbonyl (C=O) groups excluding carboxylic acids is 7. The van der Waals surface area contributed by atoms with Gasteiger partial charge in [-0.3, -0.25) is 33.6 Å². The summed E-state index contributed by atoms with van der Waals surface area (Å²) < 4.78 is 38.7. The lowest BCUT2D eigenvalue weighted by Crippen LogP contribution is -2.55. The van der Waals surface area contributed by atoms with Crippen LogP contribution in [-0.2, 0) is 66.7 Å². The van der Waals surface area contributed by atoms with E-state index in [1.165, 1.54) is 0 Å². The number of ether oxygens (including phenoxy) is 7. The van der Waals surface area contributed by atoms with Crippen molar-refractivity contribution in [2.45, 2.75) is 203 Å². The van der Waals surface area contributed by atoms with Gasteiger partial charge >= 0.3 is 0 Å². The first kappa shape index (κ1) is 78.9. The molecule has 0 aromatic heterocycles. The second-order valence-electron chi connectivity index (χ2n) is 23.1. The number of carbonyl (C=O) groups is 7. The third-order valence-corrected chi connectivity index (χ3v) is 16.0. The lowest BCUT2D eigenvalue weighted by molar-refractivity contribution is -0.282. The van der Waals surface area contributed by atoms with Crippen molar-refractivity contribution in [2.75, 3.05) is 106 Å².